The molecule has 0 aliphatic heterocycles. The van der Waals surface area contributed by atoms with Crippen molar-refractivity contribution in [2.75, 3.05) is 28.4 Å². The van der Waals surface area contributed by atoms with E-state index >= 15 is 0 Å². The smallest absolute Gasteiger partial charge is 0.253 e. The summed E-state index contributed by atoms with van der Waals surface area (Å²) in [6.07, 6.45) is 0. The predicted octanol–water partition coefficient (Wildman–Crippen LogP) is 2.67. The Morgan fingerprint density at radius 3 is 2.13 bits per heavy atom. The lowest BCUT2D eigenvalue weighted by Crippen LogP contribution is -2.31. The molecule has 0 fully saturated rings. The quantitative estimate of drug-likeness (QED) is 0.650. The maximum atomic E-state index is 12.9. The molecule has 0 unspecified atom stereocenters. The van der Waals surface area contributed by atoms with Crippen molar-refractivity contribution in [3.05, 3.63) is 47.5 Å². The molecule has 0 spiro atoms. The molecule has 9 heteroatoms. The highest BCUT2D eigenvalue weighted by molar-refractivity contribution is 7.89. The van der Waals surface area contributed by atoms with Crippen molar-refractivity contribution in [3.63, 3.8) is 0 Å². The molecule has 0 aliphatic rings. The van der Waals surface area contributed by atoms with Gasteiger partial charge in [0.1, 0.15) is 10.6 Å². The van der Waals surface area contributed by atoms with Crippen molar-refractivity contribution < 1.29 is 27.4 Å². The van der Waals surface area contributed by atoms with Gasteiger partial charge in [0.15, 0.2) is 11.5 Å². The van der Waals surface area contributed by atoms with Gasteiger partial charge >= 0.3 is 0 Å². The molecule has 1 N–H and O–H groups in total. The molecule has 0 saturated heterocycles. The van der Waals surface area contributed by atoms with E-state index < -0.39 is 10.0 Å². The molecule has 0 heterocycles. The second-order valence-corrected chi connectivity index (χ2v) is 8.67. The van der Waals surface area contributed by atoms with Crippen molar-refractivity contribution in [2.45, 2.75) is 31.3 Å². The molecule has 2 aromatic carbocycles. The lowest BCUT2D eigenvalue weighted by atomic mass is 10.1. The molecular formula is C21H28N2O6S. The van der Waals surface area contributed by atoms with Gasteiger partial charge in [-0.05, 0) is 49.7 Å². The molecule has 164 valence electrons. The summed E-state index contributed by atoms with van der Waals surface area (Å²) in [7, 11) is 2.29. The number of nitrogens with one attached hydrogen (secondary N) is 1. The molecule has 0 radical (unpaired) electrons. The van der Waals surface area contributed by atoms with Crippen molar-refractivity contribution in [1.29, 1.82) is 0 Å². The first-order valence-corrected chi connectivity index (χ1v) is 10.8. The Morgan fingerprint density at radius 1 is 0.967 bits per heavy atom. The van der Waals surface area contributed by atoms with Crippen LogP contribution in [0.4, 0.5) is 0 Å². The van der Waals surface area contributed by atoms with Gasteiger partial charge in [0.05, 0.1) is 21.3 Å². The standard InChI is InChI=1S/C21H28N2O6S/c1-14(2)22-30(25,26)20-12-16(8-10-18(20)28-5)21(24)23(3)13-15-7-9-17(27-4)19(11-15)29-6/h7-12,14,22H,13H2,1-6H3. The van der Waals surface area contributed by atoms with Crippen LogP contribution in [-0.4, -0.2) is 53.6 Å². The van der Waals surface area contributed by atoms with Crippen LogP contribution in [0.25, 0.3) is 0 Å². The van der Waals surface area contributed by atoms with Crippen LogP contribution >= 0.6 is 0 Å². The van der Waals surface area contributed by atoms with E-state index in [2.05, 4.69) is 4.72 Å². The summed E-state index contributed by atoms with van der Waals surface area (Å²) in [6, 6.07) is 9.44. The first-order chi connectivity index (χ1) is 14.1. The third kappa shape index (κ3) is 5.43. The van der Waals surface area contributed by atoms with Gasteiger partial charge < -0.3 is 19.1 Å². The Balaban J connectivity index is 2.31. The molecule has 8 nitrogen and oxygen atoms in total. The van der Waals surface area contributed by atoms with Gasteiger partial charge in [-0.1, -0.05) is 6.07 Å². The van der Waals surface area contributed by atoms with E-state index in [4.69, 9.17) is 14.2 Å². The number of hydrogen-bond acceptors (Lipinski definition) is 6. The van der Waals surface area contributed by atoms with Gasteiger partial charge in [0, 0.05) is 25.2 Å². The number of sulfonamides is 1. The summed E-state index contributed by atoms with van der Waals surface area (Å²) >= 11 is 0. The van der Waals surface area contributed by atoms with Crippen LogP contribution in [0, 0.1) is 0 Å². The topological polar surface area (TPSA) is 94.2 Å². The van der Waals surface area contributed by atoms with E-state index in [1.54, 1.807) is 53.3 Å². The number of ether oxygens (including phenoxy) is 3. The van der Waals surface area contributed by atoms with Crippen LogP contribution in [0.15, 0.2) is 41.3 Å². The Morgan fingerprint density at radius 2 is 1.57 bits per heavy atom. The first-order valence-electron chi connectivity index (χ1n) is 9.29. The van der Waals surface area contributed by atoms with E-state index in [1.165, 1.54) is 24.1 Å². The molecule has 0 bridgehead atoms. The van der Waals surface area contributed by atoms with Crippen LogP contribution in [0.5, 0.6) is 17.2 Å². The highest BCUT2D eigenvalue weighted by Crippen LogP contribution is 2.29. The number of carbonyl (C=O) groups is 1. The number of nitrogens with zero attached hydrogens (tertiary/aromatic N) is 1. The third-order valence-electron chi connectivity index (χ3n) is 4.31. The van der Waals surface area contributed by atoms with E-state index in [0.29, 0.717) is 18.0 Å². The number of rotatable bonds is 9. The Kier molecular flexibility index (Phi) is 7.69. The minimum Gasteiger partial charge on any atom is -0.495 e. The minimum atomic E-state index is -3.84. The van der Waals surface area contributed by atoms with Gasteiger partial charge in [-0.2, -0.15) is 0 Å². The van der Waals surface area contributed by atoms with E-state index in [0.717, 1.165) is 5.56 Å². The molecular weight excluding hydrogens is 408 g/mol. The SMILES string of the molecule is COc1ccc(CN(C)C(=O)c2ccc(OC)c(S(=O)(=O)NC(C)C)c2)cc1OC. The maximum Gasteiger partial charge on any atom is 0.253 e. The van der Waals surface area contributed by atoms with E-state index in [1.807, 2.05) is 6.07 Å². The number of methoxy groups -OCH3 is 3. The fraction of sp³-hybridized carbons (Fsp3) is 0.381. The minimum absolute atomic E-state index is 0.0796. The predicted molar refractivity (Wildman–Crippen MR) is 114 cm³/mol. The second-order valence-electron chi connectivity index (χ2n) is 6.99. The van der Waals surface area contributed by atoms with Crippen molar-refractivity contribution in [1.82, 2.24) is 9.62 Å². The van der Waals surface area contributed by atoms with Crippen molar-refractivity contribution >= 4 is 15.9 Å². The van der Waals surface area contributed by atoms with Crippen LogP contribution in [0.1, 0.15) is 29.8 Å². The van der Waals surface area contributed by atoms with Gasteiger partial charge in [0.25, 0.3) is 5.91 Å². The Hall–Kier alpha value is -2.78. The number of hydrogen-bond donors (Lipinski definition) is 1. The molecule has 2 rings (SSSR count). The highest BCUT2D eigenvalue weighted by Gasteiger charge is 2.23. The first kappa shape index (κ1) is 23.5. The summed E-state index contributed by atoms with van der Waals surface area (Å²) in [6.45, 7) is 3.74. The third-order valence-corrected chi connectivity index (χ3v) is 5.99. The fourth-order valence-corrected chi connectivity index (χ4v) is 4.38. The molecule has 2 aromatic rings. The average Bonchev–Trinajstić information content (AvgIpc) is 2.71. The number of carbonyl (C=O) groups excluding carboxylic acids is 1. The zero-order chi connectivity index (χ0) is 22.5. The average molecular weight is 437 g/mol. The molecule has 0 saturated carbocycles. The monoisotopic (exact) mass is 436 g/mol. The number of benzene rings is 2. The van der Waals surface area contributed by atoms with Crippen molar-refractivity contribution in [3.8, 4) is 17.2 Å². The summed E-state index contributed by atoms with van der Waals surface area (Å²) < 4.78 is 43.5. The van der Waals surface area contributed by atoms with Gasteiger partial charge in [-0.25, -0.2) is 13.1 Å². The van der Waals surface area contributed by atoms with Crippen LogP contribution < -0.4 is 18.9 Å². The van der Waals surface area contributed by atoms with Crippen LogP contribution in [-0.2, 0) is 16.6 Å². The second kappa shape index (κ2) is 9.82. The molecule has 30 heavy (non-hydrogen) atoms. The summed E-state index contributed by atoms with van der Waals surface area (Å²) in [4.78, 5) is 14.4. The highest BCUT2D eigenvalue weighted by atomic mass is 32.2. The molecule has 0 aliphatic carbocycles. The van der Waals surface area contributed by atoms with E-state index in [9.17, 15) is 13.2 Å². The number of amides is 1. The summed E-state index contributed by atoms with van der Waals surface area (Å²) in [5.41, 5.74) is 1.08. The maximum absolute atomic E-state index is 12.9. The van der Waals surface area contributed by atoms with Gasteiger partial charge in [-0.3, -0.25) is 4.79 Å². The summed E-state index contributed by atoms with van der Waals surface area (Å²) in [5.74, 6) is 1.00. The summed E-state index contributed by atoms with van der Waals surface area (Å²) in [5, 5.41) is 0. The van der Waals surface area contributed by atoms with Gasteiger partial charge in [0.2, 0.25) is 10.0 Å². The molecule has 0 aromatic heterocycles. The van der Waals surface area contributed by atoms with Crippen LogP contribution in [0.3, 0.4) is 0 Å². The molecule has 0 atom stereocenters. The Labute approximate surface area is 177 Å². The van der Waals surface area contributed by atoms with Crippen molar-refractivity contribution in [2.24, 2.45) is 0 Å². The van der Waals surface area contributed by atoms with Gasteiger partial charge in [-0.15, -0.1) is 0 Å². The zero-order valence-electron chi connectivity index (χ0n) is 18.1. The zero-order valence-corrected chi connectivity index (χ0v) is 18.9. The van der Waals surface area contributed by atoms with E-state index in [-0.39, 0.29) is 28.2 Å². The lowest BCUT2D eigenvalue weighted by molar-refractivity contribution is 0.0784. The largest absolute Gasteiger partial charge is 0.495 e. The Bertz CT molecular complexity index is 1000. The fourth-order valence-electron chi connectivity index (χ4n) is 2.94. The normalized spacial score (nSPS) is 11.3. The van der Waals surface area contributed by atoms with Crippen LogP contribution in [0.2, 0.25) is 0 Å². The lowest BCUT2D eigenvalue weighted by Gasteiger charge is -2.19. The molecule has 1 amide bonds.